The molecule has 0 spiro atoms. The quantitative estimate of drug-likeness (QED) is 0.796. The summed E-state index contributed by atoms with van der Waals surface area (Å²) in [5.41, 5.74) is 2.51. The van der Waals surface area contributed by atoms with Gasteiger partial charge in [0, 0.05) is 12.6 Å². The van der Waals surface area contributed by atoms with Gasteiger partial charge in [-0.05, 0) is 29.5 Å². The van der Waals surface area contributed by atoms with E-state index in [9.17, 15) is 4.79 Å². The van der Waals surface area contributed by atoms with Crippen LogP contribution in [0.15, 0.2) is 30.3 Å². The number of benzene rings is 1. The third-order valence-corrected chi connectivity index (χ3v) is 2.55. The molecule has 0 aliphatic carbocycles. The molecule has 1 aromatic carbocycles. The van der Waals surface area contributed by atoms with E-state index in [0.717, 1.165) is 5.56 Å². The zero-order chi connectivity index (χ0) is 12.9. The Morgan fingerprint density at radius 2 is 1.82 bits per heavy atom. The number of likely N-dealkylation sites (N-methyl/N-ethyl adjacent to an activating group) is 1. The number of amides is 1. The van der Waals surface area contributed by atoms with Crippen LogP contribution in [0.4, 0.5) is 0 Å². The first-order chi connectivity index (χ1) is 7.93. The summed E-state index contributed by atoms with van der Waals surface area (Å²) in [5, 5.41) is 2.73. The van der Waals surface area contributed by atoms with E-state index in [-0.39, 0.29) is 11.3 Å². The predicted octanol–water partition coefficient (Wildman–Crippen LogP) is 3.13. The zero-order valence-corrected chi connectivity index (χ0v) is 11.1. The Balaban J connectivity index is 2.72. The van der Waals surface area contributed by atoms with Crippen LogP contribution in [0.25, 0.3) is 6.08 Å². The molecule has 1 N–H and O–H groups in total. The zero-order valence-electron chi connectivity index (χ0n) is 11.1. The molecule has 1 amide bonds. The van der Waals surface area contributed by atoms with Crippen molar-refractivity contribution in [2.24, 2.45) is 0 Å². The second kappa shape index (κ2) is 5.67. The first kappa shape index (κ1) is 13.5. The van der Waals surface area contributed by atoms with Crippen molar-refractivity contribution in [3.05, 3.63) is 41.5 Å². The lowest BCUT2D eigenvalue weighted by molar-refractivity contribution is -0.116. The van der Waals surface area contributed by atoms with Crippen LogP contribution in [-0.4, -0.2) is 12.5 Å². The predicted molar refractivity (Wildman–Crippen MR) is 72.9 cm³/mol. The third-order valence-electron chi connectivity index (χ3n) is 2.55. The maximum Gasteiger partial charge on any atom is 0.243 e. The van der Waals surface area contributed by atoms with Gasteiger partial charge >= 0.3 is 0 Å². The normalized spacial score (nSPS) is 11.8. The standard InChI is InChI=1S/C15H21NO/c1-5-16-14(17)11-8-12-6-9-13(10-7-12)15(2,3)4/h6-11H,5H2,1-4H3,(H,16,17)/b11-8+. The number of rotatable bonds is 3. The van der Waals surface area contributed by atoms with Crippen LogP contribution in [0.3, 0.4) is 0 Å². The highest BCUT2D eigenvalue weighted by Gasteiger charge is 2.12. The molecule has 0 aliphatic heterocycles. The van der Waals surface area contributed by atoms with E-state index in [1.165, 1.54) is 5.56 Å². The lowest BCUT2D eigenvalue weighted by Gasteiger charge is -2.18. The minimum absolute atomic E-state index is 0.0487. The Bertz CT molecular complexity index is 396. The summed E-state index contributed by atoms with van der Waals surface area (Å²) < 4.78 is 0. The van der Waals surface area contributed by atoms with Crippen LogP contribution in [0.5, 0.6) is 0 Å². The second-order valence-electron chi connectivity index (χ2n) is 5.10. The molecule has 0 aromatic heterocycles. The van der Waals surface area contributed by atoms with Gasteiger partial charge in [-0.15, -0.1) is 0 Å². The van der Waals surface area contributed by atoms with E-state index in [0.29, 0.717) is 6.54 Å². The summed E-state index contributed by atoms with van der Waals surface area (Å²) in [5.74, 6) is -0.0487. The highest BCUT2D eigenvalue weighted by Crippen LogP contribution is 2.22. The smallest absolute Gasteiger partial charge is 0.243 e. The topological polar surface area (TPSA) is 29.1 Å². The van der Waals surface area contributed by atoms with Gasteiger partial charge < -0.3 is 5.32 Å². The summed E-state index contributed by atoms with van der Waals surface area (Å²) >= 11 is 0. The van der Waals surface area contributed by atoms with Crippen LogP contribution in [0.1, 0.15) is 38.8 Å². The van der Waals surface area contributed by atoms with Crippen LogP contribution in [-0.2, 0) is 10.2 Å². The maximum atomic E-state index is 11.2. The summed E-state index contributed by atoms with van der Waals surface area (Å²) in [7, 11) is 0. The highest BCUT2D eigenvalue weighted by molar-refractivity contribution is 5.91. The van der Waals surface area contributed by atoms with Crippen LogP contribution in [0, 0.1) is 0 Å². The minimum atomic E-state index is -0.0487. The van der Waals surface area contributed by atoms with Crippen LogP contribution in [0.2, 0.25) is 0 Å². The Kier molecular flexibility index (Phi) is 4.50. The first-order valence-corrected chi connectivity index (χ1v) is 6.00. The van der Waals surface area contributed by atoms with Crippen molar-refractivity contribution in [2.45, 2.75) is 33.1 Å². The van der Waals surface area contributed by atoms with Crippen LogP contribution >= 0.6 is 0 Å². The van der Waals surface area contributed by atoms with E-state index in [1.54, 1.807) is 6.08 Å². The molecule has 0 saturated heterocycles. The van der Waals surface area contributed by atoms with Crippen molar-refractivity contribution in [3.8, 4) is 0 Å². The Labute approximate surface area is 104 Å². The molecule has 2 heteroatoms. The molecule has 1 rings (SSSR count). The maximum absolute atomic E-state index is 11.2. The van der Waals surface area contributed by atoms with Gasteiger partial charge in [-0.2, -0.15) is 0 Å². The molecule has 0 heterocycles. The molecule has 0 saturated carbocycles. The fourth-order valence-electron chi connectivity index (χ4n) is 1.50. The fourth-order valence-corrected chi connectivity index (χ4v) is 1.50. The van der Waals surface area contributed by atoms with Crippen molar-refractivity contribution < 1.29 is 4.79 Å². The molecule has 0 bridgehead atoms. The second-order valence-corrected chi connectivity index (χ2v) is 5.10. The van der Waals surface area contributed by atoms with Crippen molar-refractivity contribution in [2.75, 3.05) is 6.54 Å². The summed E-state index contributed by atoms with van der Waals surface area (Å²) in [4.78, 5) is 11.2. The van der Waals surface area contributed by atoms with Gasteiger partial charge in [0.2, 0.25) is 5.91 Å². The van der Waals surface area contributed by atoms with E-state index in [1.807, 2.05) is 25.1 Å². The number of hydrogen-bond donors (Lipinski definition) is 1. The molecular formula is C15H21NO. The molecule has 1 aromatic rings. The lowest BCUT2D eigenvalue weighted by atomic mass is 9.87. The summed E-state index contributed by atoms with van der Waals surface area (Å²) in [6.07, 6.45) is 3.40. The molecule has 0 radical (unpaired) electrons. The number of carbonyl (C=O) groups excluding carboxylic acids is 1. The minimum Gasteiger partial charge on any atom is -0.353 e. The number of nitrogens with one attached hydrogen (secondary N) is 1. The average molecular weight is 231 g/mol. The van der Waals surface area contributed by atoms with E-state index in [2.05, 4.69) is 38.2 Å². The average Bonchev–Trinajstić information content (AvgIpc) is 2.26. The molecule has 17 heavy (non-hydrogen) atoms. The molecule has 0 atom stereocenters. The van der Waals surface area contributed by atoms with Crippen molar-refractivity contribution >= 4 is 12.0 Å². The highest BCUT2D eigenvalue weighted by atomic mass is 16.1. The van der Waals surface area contributed by atoms with Gasteiger partial charge in [-0.3, -0.25) is 4.79 Å². The van der Waals surface area contributed by atoms with Gasteiger partial charge in [0.1, 0.15) is 0 Å². The van der Waals surface area contributed by atoms with Gasteiger partial charge in [-0.1, -0.05) is 45.0 Å². The van der Waals surface area contributed by atoms with Crippen molar-refractivity contribution in [3.63, 3.8) is 0 Å². The van der Waals surface area contributed by atoms with Crippen molar-refractivity contribution in [1.82, 2.24) is 5.32 Å². The summed E-state index contributed by atoms with van der Waals surface area (Å²) in [6, 6.07) is 8.29. The molecule has 0 fully saturated rings. The summed E-state index contributed by atoms with van der Waals surface area (Å²) in [6.45, 7) is 9.13. The third kappa shape index (κ3) is 4.43. The lowest BCUT2D eigenvalue weighted by Crippen LogP contribution is -2.19. The van der Waals surface area contributed by atoms with Gasteiger partial charge in [0.05, 0.1) is 0 Å². The molecular weight excluding hydrogens is 210 g/mol. The molecule has 0 unspecified atom stereocenters. The Morgan fingerprint density at radius 3 is 2.29 bits per heavy atom. The SMILES string of the molecule is CCNC(=O)/C=C/c1ccc(C(C)(C)C)cc1. The Morgan fingerprint density at radius 1 is 1.24 bits per heavy atom. The fraction of sp³-hybridized carbons (Fsp3) is 0.400. The van der Waals surface area contributed by atoms with E-state index >= 15 is 0 Å². The monoisotopic (exact) mass is 231 g/mol. The first-order valence-electron chi connectivity index (χ1n) is 6.00. The van der Waals surface area contributed by atoms with Crippen molar-refractivity contribution in [1.29, 1.82) is 0 Å². The Hall–Kier alpha value is -1.57. The number of hydrogen-bond acceptors (Lipinski definition) is 1. The van der Waals surface area contributed by atoms with Gasteiger partial charge in [-0.25, -0.2) is 0 Å². The number of carbonyl (C=O) groups is 1. The van der Waals surface area contributed by atoms with Crippen LogP contribution < -0.4 is 5.32 Å². The molecule has 0 aliphatic rings. The van der Waals surface area contributed by atoms with E-state index < -0.39 is 0 Å². The van der Waals surface area contributed by atoms with Gasteiger partial charge in [0.15, 0.2) is 0 Å². The molecule has 2 nitrogen and oxygen atoms in total. The van der Waals surface area contributed by atoms with E-state index in [4.69, 9.17) is 0 Å². The van der Waals surface area contributed by atoms with Gasteiger partial charge in [0.25, 0.3) is 0 Å². The molecule has 92 valence electrons. The largest absolute Gasteiger partial charge is 0.353 e.